The van der Waals surface area contributed by atoms with E-state index in [1.165, 1.54) is 18.3 Å². The molecule has 5 nitrogen and oxygen atoms in total. The van der Waals surface area contributed by atoms with Crippen molar-refractivity contribution < 1.29 is 9.18 Å². The highest BCUT2D eigenvalue weighted by Gasteiger charge is 2.13. The summed E-state index contributed by atoms with van der Waals surface area (Å²) < 4.78 is 12.6. The van der Waals surface area contributed by atoms with Gasteiger partial charge in [0.1, 0.15) is 0 Å². The van der Waals surface area contributed by atoms with Crippen LogP contribution < -0.4 is 5.32 Å². The van der Waals surface area contributed by atoms with Gasteiger partial charge in [0.2, 0.25) is 5.95 Å². The van der Waals surface area contributed by atoms with Gasteiger partial charge in [-0.05, 0) is 18.2 Å². The molecule has 0 saturated carbocycles. The van der Waals surface area contributed by atoms with E-state index in [2.05, 4.69) is 20.5 Å². The Hall–Kier alpha value is -1.79. The summed E-state index contributed by atoms with van der Waals surface area (Å²) in [5.74, 6) is -1.18. The number of aromatic nitrogens is 3. The molecule has 8 heteroatoms. The van der Waals surface area contributed by atoms with Gasteiger partial charge in [-0.15, -0.1) is 10.2 Å². The van der Waals surface area contributed by atoms with E-state index in [0.717, 1.165) is 6.07 Å². The summed E-state index contributed by atoms with van der Waals surface area (Å²) in [4.78, 5) is 15.2. The van der Waals surface area contributed by atoms with Crippen molar-refractivity contribution >= 4 is 34.8 Å². The lowest BCUT2D eigenvalue weighted by molar-refractivity contribution is 0.102. The van der Waals surface area contributed by atoms with Crippen molar-refractivity contribution in [1.82, 2.24) is 15.2 Å². The molecule has 0 saturated heterocycles. The topological polar surface area (TPSA) is 67.8 Å². The number of nitrogens with zero attached hydrogens (tertiary/aromatic N) is 3. The van der Waals surface area contributed by atoms with Crippen molar-refractivity contribution in [3.05, 3.63) is 46.2 Å². The molecule has 0 aliphatic carbocycles. The first kappa shape index (κ1) is 12.7. The molecule has 0 spiro atoms. The van der Waals surface area contributed by atoms with Crippen LogP contribution in [0.5, 0.6) is 0 Å². The Balaban J connectivity index is 2.21. The number of rotatable bonds is 2. The van der Waals surface area contributed by atoms with Gasteiger partial charge >= 0.3 is 0 Å². The number of pyridine rings is 1. The Labute approximate surface area is 111 Å². The van der Waals surface area contributed by atoms with Crippen LogP contribution in [0.15, 0.2) is 24.4 Å². The monoisotopic (exact) mass is 286 g/mol. The molecule has 2 aromatic rings. The smallest absolute Gasteiger partial charge is 0.259 e. The van der Waals surface area contributed by atoms with Crippen molar-refractivity contribution in [3.8, 4) is 0 Å². The van der Waals surface area contributed by atoms with Gasteiger partial charge in [-0.3, -0.25) is 4.79 Å². The van der Waals surface area contributed by atoms with E-state index in [9.17, 15) is 9.18 Å². The number of hydrogen-bond donors (Lipinski definition) is 1. The van der Waals surface area contributed by atoms with Crippen LogP contribution in [-0.4, -0.2) is 21.1 Å². The van der Waals surface area contributed by atoms with Crippen molar-refractivity contribution in [1.29, 1.82) is 0 Å². The van der Waals surface area contributed by atoms with E-state index >= 15 is 0 Å². The van der Waals surface area contributed by atoms with Crippen LogP contribution in [0.3, 0.4) is 0 Å². The first-order chi connectivity index (χ1) is 8.56. The number of carbonyl (C=O) groups is 1. The van der Waals surface area contributed by atoms with Gasteiger partial charge in [0.15, 0.2) is 10.3 Å². The van der Waals surface area contributed by atoms with E-state index in [4.69, 9.17) is 23.2 Å². The number of nitrogens with one attached hydrogen (secondary N) is 1. The molecule has 18 heavy (non-hydrogen) atoms. The Bertz CT molecular complexity index is 591. The fourth-order valence-corrected chi connectivity index (χ4v) is 1.49. The van der Waals surface area contributed by atoms with Gasteiger partial charge < -0.3 is 5.32 Å². The molecule has 1 amide bonds. The van der Waals surface area contributed by atoms with Crippen LogP contribution in [0.1, 0.15) is 10.4 Å². The highest BCUT2D eigenvalue weighted by atomic mass is 35.5. The second-order valence-corrected chi connectivity index (χ2v) is 3.94. The molecule has 0 atom stereocenters. The number of hydrogen-bond acceptors (Lipinski definition) is 4. The fourth-order valence-electron chi connectivity index (χ4n) is 1.16. The third-order valence-corrected chi connectivity index (χ3v) is 2.41. The number of halogens is 3. The van der Waals surface area contributed by atoms with Gasteiger partial charge in [-0.1, -0.05) is 23.2 Å². The summed E-state index contributed by atoms with van der Waals surface area (Å²) in [6.07, 6.45) is 1.18. The lowest BCUT2D eigenvalue weighted by Crippen LogP contribution is -2.13. The third-order valence-electron chi connectivity index (χ3n) is 1.95. The summed E-state index contributed by atoms with van der Waals surface area (Å²) >= 11 is 11.3. The zero-order chi connectivity index (χ0) is 13.1. The molecule has 0 aromatic carbocycles. The summed E-state index contributed by atoms with van der Waals surface area (Å²) in [5, 5.41) is 9.43. The molecule has 0 aliphatic rings. The molecule has 0 fully saturated rings. The number of anilines is 1. The van der Waals surface area contributed by atoms with E-state index in [1.807, 2.05) is 0 Å². The minimum absolute atomic E-state index is 0.0433. The van der Waals surface area contributed by atoms with Crippen LogP contribution in [-0.2, 0) is 0 Å². The van der Waals surface area contributed by atoms with Crippen LogP contribution in [0, 0.1) is 5.95 Å². The largest absolute Gasteiger partial charge is 0.320 e. The van der Waals surface area contributed by atoms with Crippen molar-refractivity contribution in [2.75, 3.05) is 5.32 Å². The zero-order valence-corrected chi connectivity index (χ0v) is 10.2. The molecule has 92 valence electrons. The van der Waals surface area contributed by atoms with Gasteiger partial charge in [0, 0.05) is 0 Å². The van der Waals surface area contributed by atoms with Crippen LogP contribution in [0.2, 0.25) is 10.3 Å². The van der Waals surface area contributed by atoms with Crippen molar-refractivity contribution in [2.24, 2.45) is 0 Å². The van der Waals surface area contributed by atoms with Crippen LogP contribution in [0.25, 0.3) is 0 Å². The summed E-state index contributed by atoms with van der Waals surface area (Å²) in [5.41, 5.74) is 0.395. The highest BCUT2D eigenvalue weighted by molar-refractivity contribution is 6.34. The third kappa shape index (κ3) is 2.91. The molecule has 2 rings (SSSR count). The van der Waals surface area contributed by atoms with Gasteiger partial charge in [-0.2, -0.15) is 4.39 Å². The molecule has 2 heterocycles. The maximum atomic E-state index is 12.6. The molecule has 1 N–H and O–H groups in total. The normalized spacial score (nSPS) is 10.2. The van der Waals surface area contributed by atoms with E-state index in [1.54, 1.807) is 0 Å². The molecule has 2 aromatic heterocycles. The predicted molar refractivity (Wildman–Crippen MR) is 64.2 cm³/mol. The second-order valence-electron chi connectivity index (χ2n) is 3.20. The second kappa shape index (κ2) is 5.24. The minimum atomic E-state index is -0.639. The van der Waals surface area contributed by atoms with Crippen LogP contribution >= 0.6 is 23.2 Å². The average Bonchev–Trinajstić information content (AvgIpc) is 2.35. The average molecular weight is 287 g/mol. The van der Waals surface area contributed by atoms with E-state index in [0.29, 0.717) is 5.69 Å². The van der Waals surface area contributed by atoms with E-state index < -0.39 is 11.9 Å². The molecular formula is C10H5Cl2FN4O. The maximum Gasteiger partial charge on any atom is 0.259 e. The van der Waals surface area contributed by atoms with Crippen molar-refractivity contribution in [2.45, 2.75) is 0 Å². The molecular weight excluding hydrogens is 282 g/mol. The van der Waals surface area contributed by atoms with Crippen LogP contribution in [0.4, 0.5) is 10.1 Å². The predicted octanol–water partition coefficient (Wildman–Crippen LogP) is 2.57. The van der Waals surface area contributed by atoms with E-state index in [-0.39, 0.29) is 15.9 Å². The van der Waals surface area contributed by atoms with Gasteiger partial charge in [0.05, 0.1) is 17.4 Å². The van der Waals surface area contributed by atoms with Gasteiger partial charge in [0.25, 0.3) is 5.91 Å². The number of carbonyl (C=O) groups excluding carboxylic acids is 1. The summed E-state index contributed by atoms with van der Waals surface area (Å²) in [6, 6.07) is 3.77. The summed E-state index contributed by atoms with van der Waals surface area (Å²) in [7, 11) is 0. The first-order valence-electron chi connectivity index (χ1n) is 4.68. The maximum absolute atomic E-state index is 12.6. The van der Waals surface area contributed by atoms with Gasteiger partial charge in [-0.25, -0.2) is 4.98 Å². The molecule has 0 bridgehead atoms. The standard InChI is InChI=1S/C10H5Cl2FN4O/c11-7-3-6(9(12)17-16-7)10(18)15-5-1-2-8(13)14-4-5/h1-4H,(H,15,18). The lowest BCUT2D eigenvalue weighted by atomic mass is 10.3. The molecule has 0 aliphatic heterocycles. The molecule has 0 radical (unpaired) electrons. The zero-order valence-electron chi connectivity index (χ0n) is 8.69. The fraction of sp³-hybridized carbons (Fsp3) is 0. The quantitative estimate of drug-likeness (QED) is 0.862. The Kier molecular flexibility index (Phi) is 3.69. The Morgan fingerprint density at radius 3 is 2.72 bits per heavy atom. The van der Waals surface area contributed by atoms with Crippen molar-refractivity contribution in [3.63, 3.8) is 0 Å². The summed E-state index contributed by atoms with van der Waals surface area (Å²) in [6.45, 7) is 0. The Morgan fingerprint density at radius 1 is 1.28 bits per heavy atom. The SMILES string of the molecule is O=C(Nc1ccc(F)nc1)c1cc(Cl)nnc1Cl. The number of amides is 1. The molecule has 0 unspecified atom stereocenters. The Morgan fingerprint density at radius 2 is 2.06 bits per heavy atom. The lowest BCUT2D eigenvalue weighted by Gasteiger charge is -2.05. The highest BCUT2D eigenvalue weighted by Crippen LogP contribution is 2.17. The minimum Gasteiger partial charge on any atom is -0.320 e. The first-order valence-corrected chi connectivity index (χ1v) is 5.43.